The highest BCUT2D eigenvalue weighted by Gasteiger charge is 2.35. The topological polar surface area (TPSA) is 64.5 Å². The maximum absolute atomic E-state index is 12.2. The minimum absolute atomic E-state index is 0.257. The van der Waals surface area contributed by atoms with Gasteiger partial charge in [0.1, 0.15) is 12.4 Å². The van der Waals surface area contributed by atoms with Crippen LogP contribution in [0.1, 0.15) is 11.6 Å². The fraction of sp³-hybridized carbons (Fsp3) is 0.105. The van der Waals surface area contributed by atoms with Crippen LogP contribution in [0, 0.1) is 0 Å². The normalized spacial score (nSPS) is 16.4. The molecule has 1 aliphatic rings. The van der Waals surface area contributed by atoms with Crippen LogP contribution in [0.25, 0.3) is 0 Å². The fourth-order valence-electron chi connectivity index (χ4n) is 2.78. The van der Waals surface area contributed by atoms with E-state index in [0.29, 0.717) is 10.8 Å². The fourth-order valence-corrected chi connectivity index (χ4v) is 2.91. The standard InChI is InChI=1S/C19H14ClN3O3/c20-14-5-7-15(8-6-14)23-17(12-25-19(23)24)13-3-1-4-16(11-13)26-18-21-9-2-10-22-18/h1-11,17H,12H2. The molecule has 6 nitrogen and oxygen atoms in total. The lowest BCUT2D eigenvalue weighted by Crippen LogP contribution is -2.27. The molecule has 26 heavy (non-hydrogen) atoms. The first-order valence-corrected chi connectivity index (χ1v) is 8.35. The first kappa shape index (κ1) is 16.4. The summed E-state index contributed by atoms with van der Waals surface area (Å²) in [7, 11) is 0. The molecule has 1 aromatic heterocycles. The van der Waals surface area contributed by atoms with E-state index >= 15 is 0 Å². The van der Waals surface area contributed by atoms with Gasteiger partial charge < -0.3 is 9.47 Å². The molecule has 4 rings (SSSR count). The number of nitrogens with zero attached hydrogens (tertiary/aromatic N) is 3. The van der Waals surface area contributed by atoms with Crippen LogP contribution in [0.4, 0.5) is 10.5 Å². The molecule has 0 N–H and O–H groups in total. The molecule has 2 heterocycles. The molecule has 1 atom stereocenters. The maximum atomic E-state index is 12.2. The predicted octanol–water partition coefficient (Wildman–Crippen LogP) is 4.62. The zero-order valence-electron chi connectivity index (χ0n) is 13.6. The molecule has 2 aromatic carbocycles. The van der Waals surface area contributed by atoms with Crippen molar-refractivity contribution in [2.24, 2.45) is 0 Å². The van der Waals surface area contributed by atoms with Gasteiger partial charge >= 0.3 is 12.1 Å². The van der Waals surface area contributed by atoms with E-state index in [0.717, 1.165) is 11.3 Å². The molecule has 0 spiro atoms. The van der Waals surface area contributed by atoms with Gasteiger partial charge in [0.25, 0.3) is 0 Å². The van der Waals surface area contributed by atoms with Gasteiger partial charge in [-0.05, 0) is 48.0 Å². The lowest BCUT2D eigenvalue weighted by Gasteiger charge is -2.22. The van der Waals surface area contributed by atoms with Crippen molar-refractivity contribution in [3.8, 4) is 11.8 Å². The van der Waals surface area contributed by atoms with E-state index in [1.807, 2.05) is 24.3 Å². The number of ether oxygens (including phenoxy) is 2. The molecule has 1 unspecified atom stereocenters. The van der Waals surface area contributed by atoms with Gasteiger partial charge in [0.05, 0.1) is 6.04 Å². The zero-order chi connectivity index (χ0) is 17.9. The van der Waals surface area contributed by atoms with E-state index in [9.17, 15) is 4.79 Å². The minimum Gasteiger partial charge on any atom is -0.447 e. The Bertz CT molecular complexity index is 919. The van der Waals surface area contributed by atoms with Gasteiger partial charge in [-0.25, -0.2) is 14.8 Å². The van der Waals surface area contributed by atoms with Crippen LogP contribution < -0.4 is 9.64 Å². The highest BCUT2D eigenvalue weighted by molar-refractivity contribution is 6.30. The van der Waals surface area contributed by atoms with E-state index < -0.39 is 6.09 Å². The summed E-state index contributed by atoms with van der Waals surface area (Å²) >= 11 is 5.94. The molecule has 130 valence electrons. The molecule has 1 saturated heterocycles. The van der Waals surface area contributed by atoms with Gasteiger partial charge in [-0.1, -0.05) is 23.7 Å². The van der Waals surface area contributed by atoms with E-state index in [-0.39, 0.29) is 18.7 Å². The summed E-state index contributed by atoms with van der Waals surface area (Å²) in [4.78, 5) is 21.9. The highest BCUT2D eigenvalue weighted by Crippen LogP contribution is 2.35. The molecule has 0 saturated carbocycles. The largest absolute Gasteiger partial charge is 0.447 e. The summed E-state index contributed by atoms with van der Waals surface area (Å²) in [5.74, 6) is 0.587. The second-order valence-electron chi connectivity index (χ2n) is 5.65. The van der Waals surface area contributed by atoms with Crippen LogP contribution in [0.5, 0.6) is 11.8 Å². The number of aromatic nitrogens is 2. The van der Waals surface area contributed by atoms with Crippen molar-refractivity contribution >= 4 is 23.4 Å². The second kappa shape index (κ2) is 7.01. The van der Waals surface area contributed by atoms with Gasteiger partial charge in [0, 0.05) is 23.1 Å². The Balaban J connectivity index is 1.62. The van der Waals surface area contributed by atoms with Crippen molar-refractivity contribution in [1.82, 2.24) is 9.97 Å². The second-order valence-corrected chi connectivity index (χ2v) is 6.08. The van der Waals surface area contributed by atoms with Crippen molar-refractivity contribution in [3.63, 3.8) is 0 Å². The number of halogens is 1. The summed E-state index contributed by atoms with van der Waals surface area (Å²) in [6.07, 6.45) is 2.82. The quantitative estimate of drug-likeness (QED) is 0.673. The van der Waals surface area contributed by atoms with Crippen molar-refractivity contribution in [1.29, 1.82) is 0 Å². The predicted molar refractivity (Wildman–Crippen MR) is 96.6 cm³/mol. The Labute approximate surface area is 155 Å². The SMILES string of the molecule is O=C1OCC(c2cccc(Oc3ncccn3)c2)N1c1ccc(Cl)cc1. The number of benzene rings is 2. The Morgan fingerprint density at radius 2 is 1.85 bits per heavy atom. The minimum atomic E-state index is -0.393. The number of carbonyl (C=O) groups is 1. The number of carbonyl (C=O) groups excluding carboxylic acids is 1. The number of rotatable bonds is 4. The molecule has 1 aliphatic heterocycles. The molecule has 3 aromatic rings. The Morgan fingerprint density at radius 1 is 1.08 bits per heavy atom. The van der Waals surface area contributed by atoms with Gasteiger partial charge in [0.2, 0.25) is 0 Å². The third-order valence-electron chi connectivity index (χ3n) is 3.97. The summed E-state index contributed by atoms with van der Waals surface area (Å²) in [5, 5.41) is 0.608. The van der Waals surface area contributed by atoms with E-state index in [1.54, 1.807) is 47.6 Å². The average Bonchev–Trinajstić information content (AvgIpc) is 3.05. The number of amides is 1. The van der Waals surface area contributed by atoms with Crippen LogP contribution in [0.3, 0.4) is 0 Å². The summed E-state index contributed by atoms with van der Waals surface area (Å²) in [5.41, 5.74) is 1.61. The Hall–Kier alpha value is -3.12. The number of hydrogen-bond donors (Lipinski definition) is 0. The van der Waals surface area contributed by atoms with Crippen molar-refractivity contribution in [2.75, 3.05) is 11.5 Å². The molecule has 1 amide bonds. The van der Waals surface area contributed by atoms with Gasteiger partial charge in [-0.2, -0.15) is 0 Å². The van der Waals surface area contributed by atoms with Crippen molar-refractivity contribution in [2.45, 2.75) is 6.04 Å². The molecular formula is C19H14ClN3O3. The third kappa shape index (κ3) is 3.32. The molecule has 0 aliphatic carbocycles. The van der Waals surface area contributed by atoms with Crippen molar-refractivity contribution < 1.29 is 14.3 Å². The lowest BCUT2D eigenvalue weighted by atomic mass is 10.1. The molecule has 0 radical (unpaired) electrons. The van der Waals surface area contributed by atoms with Crippen LogP contribution in [-0.4, -0.2) is 22.7 Å². The first-order valence-electron chi connectivity index (χ1n) is 7.97. The summed E-state index contributed by atoms with van der Waals surface area (Å²) in [6, 6.07) is 16.2. The van der Waals surface area contributed by atoms with E-state index in [2.05, 4.69) is 9.97 Å². The molecule has 1 fully saturated rings. The lowest BCUT2D eigenvalue weighted by molar-refractivity contribution is 0.179. The smallest absolute Gasteiger partial charge is 0.415 e. The number of cyclic esters (lactones) is 1. The number of hydrogen-bond acceptors (Lipinski definition) is 5. The van der Waals surface area contributed by atoms with E-state index in [1.165, 1.54) is 0 Å². The van der Waals surface area contributed by atoms with Crippen LogP contribution in [-0.2, 0) is 4.74 Å². The van der Waals surface area contributed by atoms with Crippen molar-refractivity contribution in [3.05, 3.63) is 77.6 Å². The molecule has 7 heteroatoms. The van der Waals surface area contributed by atoms with Crippen LogP contribution in [0.2, 0.25) is 5.02 Å². The Kier molecular flexibility index (Phi) is 4.41. The monoisotopic (exact) mass is 367 g/mol. The average molecular weight is 368 g/mol. The first-order chi connectivity index (χ1) is 12.7. The van der Waals surface area contributed by atoms with Crippen LogP contribution in [0.15, 0.2) is 67.0 Å². The summed E-state index contributed by atoms with van der Waals surface area (Å²) < 4.78 is 10.9. The van der Waals surface area contributed by atoms with E-state index in [4.69, 9.17) is 21.1 Å². The highest BCUT2D eigenvalue weighted by atomic mass is 35.5. The van der Waals surface area contributed by atoms with Crippen LogP contribution >= 0.6 is 11.6 Å². The number of anilines is 1. The zero-order valence-corrected chi connectivity index (χ0v) is 14.3. The van der Waals surface area contributed by atoms with Gasteiger partial charge in [-0.15, -0.1) is 0 Å². The maximum Gasteiger partial charge on any atom is 0.415 e. The Morgan fingerprint density at radius 3 is 2.62 bits per heavy atom. The molecule has 0 bridgehead atoms. The van der Waals surface area contributed by atoms with Gasteiger partial charge in [0.15, 0.2) is 0 Å². The molecular weight excluding hydrogens is 354 g/mol. The third-order valence-corrected chi connectivity index (χ3v) is 4.22. The summed E-state index contributed by atoms with van der Waals surface area (Å²) in [6.45, 7) is 0.257. The van der Waals surface area contributed by atoms with Gasteiger partial charge in [-0.3, -0.25) is 4.90 Å².